The van der Waals surface area contributed by atoms with Crippen molar-refractivity contribution in [3.05, 3.63) is 62.9 Å². The number of rotatable bonds is 6. The number of hydrogen-bond donors (Lipinski definition) is 1. The lowest BCUT2D eigenvalue weighted by Gasteiger charge is -2.05. The van der Waals surface area contributed by atoms with Crippen LogP contribution in [0.4, 0.5) is 23.4 Å². The van der Waals surface area contributed by atoms with Crippen LogP contribution in [0.3, 0.4) is 0 Å². The first-order valence-electron chi connectivity index (χ1n) is 7.60. The number of carbonyl (C=O) groups is 1. The van der Waals surface area contributed by atoms with Gasteiger partial charge < -0.3 is 9.73 Å². The largest absolute Gasteiger partial charge is 0.454 e. The van der Waals surface area contributed by atoms with Crippen molar-refractivity contribution in [2.45, 2.75) is 19.4 Å². The summed E-state index contributed by atoms with van der Waals surface area (Å²) in [5, 5.41) is 5.13. The lowest BCUT2D eigenvalue weighted by atomic mass is 10.3. The van der Waals surface area contributed by atoms with Crippen LogP contribution in [0.1, 0.15) is 40.6 Å². The van der Waals surface area contributed by atoms with E-state index in [1.165, 1.54) is 18.3 Å². The molecule has 0 saturated heterocycles. The standard InChI is InChI=1S/C16H10BrClF4N4O2/c17-7-1-4-10(23-5-7)24-16(27)9-3-2-8(28-9)6-26-13(15(21)22)11(18)12(25-26)14(19)20/h1-5,14-15H,6H2,(H,23,24,27). The van der Waals surface area contributed by atoms with E-state index in [9.17, 15) is 22.4 Å². The minimum Gasteiger partial charge on any atom is -0.454 e. The van der Waals surface area contributed by atoms with Gasteiger partial charge in [-0.05, 0) is 40.2 Å². The molecule has 0 aliphatic carbocycles. The van der Waals surface area contributed by atoms with E-state index in [1.807, 2.05) is 0 Å². The maximum Gasteiger partial charge on any atom is 0.292 e. The van der Waals surface area contributed by atoms with E-state index in [2.05, 4.69) is 31.3 Å². The molecule has 0 aliphatic heterocycles. The Kier molecular flexibility index (Phi) is 6.04. The Labute approximate surface area is 168 Å². The minimum atomic E-state index is -3.12. The van der Waals surface area contributed by atoms with Gasteiger partial charge in [-0.2, -0.15) is 5.10 Å². The molecule has 148 valence electrons. The van der Waals surface area contributed by atoms with Crippen molar-refractivity contribution in [3.63, 3.8) is 0 Å². The first-order chi connectivity index (χ1) is 13.3. The molecule has 0 spiro atoms. The third-order valence-electron chi connectivity index (χ3n) is 3.53. The molecule has 0 unspecified atom stereocenters. The molecule has 0 saturated carbocycles. The topological polar surface area (TPSA) is 73.0 Å². The van der Waals surface area contributed by atoms with Crippen molar-refractivity contribution in [2.24, 2.45) is 0 Å². The molecule has 1 N–H and O–H groups in total. The molecule has 0 aromatic carbocycles. The molecule has 12 heteroatoms. The fraction of sp³-hybridized carbons (Fsp3) is 0.188. The number of alkyl halides is 4. The van der Waals surface area contributed by atoms with Crippen molar-refractivity contribution < 1.29 is 26.8 Å². The molecule has 3 aromatic heterocycles. The zero-order chi connectivity index (χ0) is 20.4. The summed E-state index contributed by atoms with van der Waals surface area (Å²) in [4.78, 5) is 16.1. The van der Waals surface area contributed by atoms with Crippen LogP contribution in [0.15, 0.2) is 39.4 Å². The van der Waals surface area contributed by atoms with Crippen LogP contribution in [-0.2, 0) is 6.54 Å². The van der Waals surface area contributed by atoms with E-state index in [0.29, 0.717) is 4.68 Å². The molecular weight excluding hydrogens is 472 g/mol. The number of carbonyl (C=O) groups excluding carboxylic acids is 1. The maximum absolute atomic E-state index is 13.2. The van der Waals surface area contributed by atoms with Gasteiger partial charge in [0.05, 0.1) is 11.6 Å². The number of amides is 1. The summed E-state index contributed by atoms with van der Waals surface area (Å²) < 4.78 is 58.8. The van der Waals surface area contributed by atoms with E-state index in [0.717, 1.165) is 4.47 Å². The molecule has 6 nitrogen and oxygen atoms in total. The Morgan fingerprint density at radius 2 is 1.96 bits per heavy atom. The van der Waals surface area contributed by atoms with Crippen LogP contribution in [0.2, 0.25) is 5.02 Å². The SMILES string of the molecule is O=C(Nc1ccc(Br)cn1)c1ccc(Cn2nc(C(F)F)c(Cl)c2C(F)F)o1. The lowest BCUT2D eigenvalue weighted by Crippen LogP contribution is -2.12. The first-order valence-corrected chi connectivity index (χ1v) is 8.77. The van der Waals surface area contributed by atoms with Gasteiger partial charge in [0.2, 0.25) is 0 Å². The minimum absolute atomic E-state index is 0.0517. The van der Waals surface area contributed by atoms with Gasteiger partial charge in [-0.25, -0.2) is 22.5 Å². The van der Waals surface area contributed by atoms with Gasteiger partial charge in [-0.3, -0.25) is 9.48 Å². The van der Waals surface area contributed by atoms with E-state index >= 15 is 0 Å². The second kappa shape index (κ2) is 8.31. The Morgan fingerprint density at radius 3 is 2.57 bits per heavy atom. The lowest BCUT2D eigenvalue weighted by molar-refractivity contribution is 0.0993. The average molecular weight is 482 g/mol. The summed E-state index contributed by atoms with van der Waals surface area (Å²) in [7, 11) is 0. The smallest absolute Gasteiger partial charge is 0.292 e. The van der Waals surface area contributed by atoms with Crippen LogP contribution in [-0.4, -0.2) is 20.7 Å². The second-order valence-corrected chi connectivity index (χ2v) is 6.72. The number of hydrogen-bond acceptors (Lipinski definition) is 4. The number of anilines is 1. The normalized spacial score (nSPS) is 11.4. The molecule has 28 heavy (non-hydrogen) atoms. The third kappa shape index (κ3) is 4.36. The highest BCUT2D eigenvalue weighted by Crippen LogP contribution is 2.35. The van der Waals surface area contributed by atoms with Crippen molar-refractivity contribution >= 4 is 39.3 Å². The number of pyridine rings is 1. The Hall–Kier alpha value is -2.40. The number of furan rings is 1. The predicted molar refractivity (Wildman–Crippen MR) is 94.9 cm³/mol. The van der Waals surface area contributed by atoms with Gasteiger partial charge in [-0.1, -0.05) is 11.6 Å². The molecule has 3 heterocycles. The zero-order valence-electron chi connectivity index (χ0n) is 13.7. The van der Waals surface area contributed by atoms with Gasteiger partial charge in [0.1, 0.15) is 23.0 Å². The summed E-state index contributed by atoms with van der Waals surface area (Å²) in [5.41, 5.74) is -1.79. The van der Waals surface area contributed by atoms with Gasteiger partial charge >= 0.3 is 0 Å². The van der Waals surface area contributed by atoms with Crippen molar-refractivity contribution in [3.8, 4) is 0 Å². The fourth-order valence-electron chi connectivity index (χ4n) is 2.30. The van der Waals surface area contributed by atoms with Crippen LogP contribution in [0.25, 0.3) is 0 Å². The summed E-state index contributed by atoms with van der Waals surface area (Å²) >= 11 is 8.81. The van der Waals surface area contributed by atoms with Crippen LogP contribution in [0.5, 0.6) is 0 Å². The van der Waals surface area contributed by atoms with Crippen molar-refractivity contribution in [2.75, 3.05) is 5.32 Å². The van der Waals surface area contributed by atoms with E-state index in [-0.39, 0.29) is 17.3 Å². The third-order valence-corrected chi connectivity index (χ3v) is 4.39. The Morgan fingerprint density at radius 1 is 1.21 bits per heavy atom. The Balaban J connectivity index is 1.78. The maximum atomic E-state index is 13.2. The highest BCUT2D eigenvalue weighted by Gasteiger charge is 2.28. The molecular formula is C16H10BrClF4N4O2. The van der Waals surface area contributed by atoms with Crippen molar-refractivity contribution in [1.82, 2.24) is 14.8 Å². The van der Waals surface area contributed by atoms with Crippen LogP contribution < -0.4 is 5.32 Å². The molecule has 0 radical (unpaired) electrons. The van der Waals surface area contributed by atoms with Crippen LogP contribution >= 0.6 is 27.5 Å². The number of aromatic nitrogens is 3. The zero-order valence-corrected chi connectivity index (χ0v) is 16.0. The van der Waals surface area contributed by atoms with E-state index in [1.54, 1.807) is 12.1 Å². The van der Waals surface area contributed by atoms with E-state index < -0.39 is 41.7 Å². The summed E-state index contributed by atoms with van der Waals surface area (Å²) in [6.45, 7) is -0.407. The van der Waals surface area contributed by atoms with E-state index in [4.69, 9.17) is 16.0 Å². The average Bonchev–Trinajstić information content (AvgIpc) is 3.22. The molecule has 3 rings (SSSR count). The molecule has 0 aliphatic rings. The van der Waals surface area contributed by atoms with Gasteiger partial charge in [0.25, 0.3) is 18.8 Å². The van der Waals surface area contributed by atoms with Gasteiger partial charge in [0.15, 0.2) is 5.76 Å². The van der Waals surface area contributed by atoms with Gasteiger partial charge in [-0.15, -0.1) is 0 Å². The molecule has 0 bridgehead atoms. The molecule has 3 aromatic rings. The number of halogens is 6. The number of nitrogens with zero attached hydrogens (tertiary/aromatic N) is 3. The summed E-state index contributed by atoms with van der Waals surface area (Å²) in [6.07, 6.45) is -4.74. The second-order valence-electron chi connectivity index (χ2n) is 5.43. The van der Waals surface area contributed by atoms with Crippen LogP contribution in [0, 0.1) is 0 Å². The molecule has 0 fully saturated rings. The number of nitrogens with one attached hydrogen (secondary N) is 1. The van der Waals surface area contributed by atoms with Gasteiger partial charge in [0, 0.05) is 10.7 Å². The first kappa shape index (κ1) is 20.3. The highest BCUT2D eigenvalue weighted by molar-refractivity contribution is 9.10. The summed E-state index contributed by atoms with van der Waals surface area (Å²) in [6, 6.07) is 5.88. The highest BCUT2D eigenvalue weighted by atomic mass is 79.9. The molecule has 0 atom stereocenters. The predicted octanol–water partition coefficient (Wildman–Crippen LogP) is 5.46. The fourth-order valence-corrected chi connectivity index (χ4v) is 2.84. The quantitative estimate of drug-likeness (QED) is 0.474. The monoisotopic (exact) mass is 480 g/mol. The van der Waals surface area contributed by atoms with Crippen molar-refractivity contribution in [1.29, 1.82) is 0 Å². The Bertz CT molecular complexity index is 991. The summed E-state index contributed by atoms with van der Waals surface area (Å²) in [5.74, 6) is -0.421. The molecule has 1 amide bonds.